The quantitative estimate of drug-likeness (QED) is 0.381. The molecule has 0 aliphatic carbocycles. The molecule has 0 radical (unpaired) electrons. The first-order chi connectivity index (χ1) is 18.1. The molecule has 4 heterocycles. The van der Waals surface area contributed by atoms with Gasteiger partial charge >= 0.3 is 0 Å². The SMILES string of the molecule is C=CC(F)(F)c1c(/C=C2\C(=O)Nc3c(Br)cc(F)cc32)[nH]c(C)c1C(=O)N1CCC(N2CCOCC2)CC1. The number of allylic oxidation sites excluding steroid dienone is 1. The van der Waals surface area contributed by atoms with Crippen molar-refractivity contribution in [1.29, 1.82) is 0 Å². The van der Waals surface area contributed by atoms with Crippen LogP contribution in [0.4, 0.5) is 18.9 Å². The minimum atomic E-state index is -3.56. The fraction of sp³-hybridized carbons (Fsp3) is 0.407. The number of benzene rings is 1. The maximum absolute atomic E-state index is 15.3. The van der Waals surface area contributed by atoms with E-state index in [9.17, 15) is 14.0 Å². The van der Waals surface area contributed by atoms with Crippen LogP contribution in [0.15, 0.2) is 29.3 Å². The summed E-state index contributed by atoms with van der Waals surface area (Å²) >= 11 is 3.22. The number of hydrogen-bond acceptors (Lipinski definition) is 4. The van der Waals surface area contributed by atoms with Gasteiger partial charge in [-0.2, -0.15) is 8.78 Å². The summed E-state index contributed by atoms with van der Waals surface area (Å²) in [5, 5.41) is 2.63. The molecule has 38 heavy (non-hydrogen) atoms. The zero-order chi connectivity index (χ0) is 27.2. The number of carbonyl (C=O) groups excluding carboxylic acids is 2. The van der Waals surface area contributed by atoms with Crippen molar-refractivity contribution in [2.75, 3.05) is 44.7 Å². The zero-order valence-corrected chi connectivity index (χ0v) is 22.5. The largest absolute Gasteiger partial charge is 0.379 e. The summed E-state index contributed by atoms with van der Waals surface area (Å²) in [6, 6.07) is 2.69. The Morgan fingerprint density at radius 1 is 1.21 bits per heavy atom. The van der Waals surface area contributed by atoms with E-state index in [1.165, 1.54) is 12.1 Å². The molecular weight excluding hydrogens is 565 g/mol. The van der Waals surface area contributed by atoms with Crippen molar-refractivity contribution >= 4 is 45.1 Å². The number of likely N-dealkylation sites (tertiary alicyclic amines) is 1. The minimum absolute atomic E-state index is 0.00730. The van der Waals surface area contributed by atoms with Gasteiger partial charge in [0.15, 0.2) is 0 Å². The third-order valence-electron chi connectivity index (χ3n) is 7.45. The van der Waals surface area contributed by atoms with Crippen molar-refractivity contribution in [3.63, 3.8) is 0 Å². The molecule has 5 rings (SSSR count). The fourth-order valence-electron chi connectivity index (χ4n) is 5.51. The lowest BCUT2D eigenvalue weighted by Crippen LogP contribution is -2.50. The molecule has 0 saturated carbocycles. The van der Waals surface area contributed by atoms with E-state index < -0.39 is 29.1 Å². The van der Waals surface area contributed by atoms with Crippen molar-refractivity contribution in [3.8, 4) is 0 Å². The number of halogens is 4. The number of hydrogen-bond donors (Lipinski definition) is 2. The number of aromatic nitrogens is 1. The highest BCUT2D eigenvalue weighted by molar-refractivity contribution is 9.10. The van der Waals surface area contributed by atoms with Gasteiger partial charge in [-0.05, 0) is 60.0 Å². The Morgan fingerprint density at radius 3 is 2.55 bits per heavy atom. The van der Waals surface area contributed by atoms with Gasteiger partial charge in [-0.15, -0.1) is 0 Å². The number of rotatable bonds is 5. The molecule has 2 saturated heterocycles. The first-order valence-corrected chi connectivity index (χ1v) is 13.3. The van der Waals surface area contributed by atoms with E-state index in [4.69, 9.17) is 4.74 Å². The van der Waals surface area contributed by atoms with Crippen molar-refractivity contribution in [1.82, 2.24) is 14.8 Å². The number of alkyl halides is 2. The van der Waals surface area contributed by atoms with E-state index in [0.717, 1.165) is 32.0 Å². The Hall–Kier alpha value is -2.89. The summed E-state index contributed by atoms with van der Waals surface area (Å²) in [4.78, 5) is 33.2. The Labute approximate surface area is 226 Å². The van der Waals surface area contributed by atoms with Gasteiger partial charge in [-0.1, -0.05) is 6.58 Å². The number of morpholine rings is 1. The van der Waals surface area contributed by atoms with Crippen molar-refractivity contribution < 1.29 is 27.5 Å². The van der Waals surface area contributed by atoms with Crippen molar-refractivity contribution in [3.05, 3.63) is 63.2 Å². The molecular formula is C27H28BrF3N4O3. The van der Waals surface area contributed by atoms with Crippen LogP contribution in [-0.4, -0.2) is 72.0 Å². The minimum Gasteiger partial charge on any atom is -0.379 e. The topological polar surface area (TPSA) is 77.7 Å². The molecule has 3 aliphatic heterocycles. The molecule has 0 spiro atoms. The number of amides is 2. The van der Waals surface area contributed by atoms with E-state index in [0.29, 0.717) is 48.6 Å². The number of ether oxygens (including phenoxy) is 1. The van der Waals surface area contributed by atoms with E-state index >= 15 is 8.78 Å². The van der Waals surface area contributed by atoms with Gasteiger partial charge in [-0.3, -0.25) is 14.5 Å². The number of piperidine rings is 1. The monoisotopic (exact) mass is 592 g/mol. The van der Waals surface area contributed by atoms with E-state index in [1.807, 2.05) is 0 Å². The highest BCUT2D eigenvalue weighted by Crippen LogP contribution is 2.42. The predicted octanol–water partition coefficient (Wildman–Crippen LogP) is 4.93. The van der Waals surface area contributed by atoms with E-state index in [2.05, 4.69) is 37.7 Å². The lowest BCUT2D eigenvalue weighted by atomic mass is 9.97. The molecule has 2 aromatic rings. The second kappa shape index (κ2) is 10.3. The highest BCUT2D eigenvalue weighted by atomic mass is 79.9. The number of carbonyl (C=O) groups is 2. The predicted molar refractivity (Wildman–Crippen MR) is 142 cm³/mol. The molecule has 2 fully saturated rings. The van der Waals surface area contributed by atoms with Gasteiger partial charge < -0.3 is 19.9 Å². The number of nitrogens with zero attached hydrogens (tertiary/aromatic N) is 2. The summed E-state index contributed by atoms with van der Waals surface area (Å²) < 4.78 is 50.5. The fourth-order valence-corrected chi connectivity index (χ4v) is 6.04. The third-order valence-corrected chi connectivity index (χ3v) is 8.08. The smallest absolute Gasteiger partial charge is 0.294 e. The zero-order valence-electron chi connectivity index (χ0n) is 20.9. The van der Waals surface area contributed by atoms with Crippen LogP contribution in [0.5, 0.6) is 0 Å². The average Bonchev–Trinajstić information content (AvgIpc) is 3.41. The number of aromatic amines is 1. The average molecular weight is 593 g/mol. The summed E-state index contributed by atoms with van der Waals surface area (Å²) in [6.07, 6.45) is 3.22. The molecule has 11 heteroatoms. The maximum Gasteiger partial charge on any atom is 0.294 e. The Kier molecular flexibility index (Phi) is 7.27. The van der Waals surface area contributed by atoms with Crippen molar-refractivity contribution in [2.24, 2.45) is 0 Å². The summed E-state index contributed by atoms with van der Waals surface area (Å²) in [7, 11) is 0. The highest BCUT2D eigenvalue weighted by Gasteiger charge is 2.40. The van der Waals surface area contributed by atoms with Crippen molar-refractivity contribution in [2.45, 2.75) is 31.7 Å². The Morgan fingerprint density at radius 2 is 1.89 bits per heavy atom. The van der Waals surface area contributed by atoms with Crippen LogP contribution in [0, 0.1) is 12.7 Å². The standard InChI is InChI=1S/C27H28BrF3N4O3/c1-3-27(30,31)23-21(14-19-18-12-16(29)13-20(28)24(18)33-25(19)36)32-15(2)22(23)26(37)35-6-4-17(5-7-35)34-8-10-38-11-9-34/h3,12-14,17,32H,1,4-11H2,2H3,(H,33,36)/b19-14-. The maximum atomic E-state index is 15.3. The van der Waals surface area contributed by atoms with Gasteiger partial charge in [-0.25, -0.2) is 4.39 Å². The molecule has 1 aromatic heterocycles. The molecule has 0 bridgehead atoms. The van der Waals surface area contributed by atoms with Crippen LogP contribution in [0.25, 0.3) is 11.6 Å². The number of aryl methyl sites for hydroxylation is 1. The van der Waals surface area contributed by atoms with Gasteiger partial charge in [0, 0.05) is 53.6 Å². The first kappa shape index (κ1) is 26.7. The lowest BCUT2D eigenvalue weighted by molar-refractivity contribution is -0.110. The second-order valence-electron chi connectivity index (χ2n) is 9.73. The van der Waals surface area contributed by atoms with Crippen LogP contribution in [0.3, 0.4) is 0 Å². The van der Waals surface area contributed by atoms with Gasteiger partial charge in [0.25, 0.3) is 17.7 Å². The Balaban J connectivity index is 1.49. The molecule has 2 N–H and O–H groups in total. The molecule has 0 unspecified atom stereocenters. The van der Waals surface area contributed by atoms with Gasteiger partial charge in [0.1, 0.15) is 5.82 Å². The van der Waals surface area contributed by atoms with E-state index in [-0.39, 0.29) is 28.1 Å². The molecule has 7 nitrogen and oxygen atoms in total. The third kappa shape index (κ3) is 4.83. The number of H-pyrrole nitrogens is 1. The summed E-state index contributed by atoms with van der Waals surface area (Å²) in [6.45, 7) is 8.80. The van der Waals surface area contributed by atoms with Gasteiger partial charge in [0.2, 0.25) is 0 Å². The summed E-state index contributed by atoms with van der Waals surface area (Å²) in [5.41, 5.74) is 0.0700. The van der Waals surface area contributed by atoms with Crippen LogP contribution >= 0.6 is 15.9 Å². The van der Waals surface area contributed by atoms with Crippen LogP contribution < -0.4 is 5.32 Å². The van der Waals surface area contributed by atoms with E-state index in [1.54, 1.807) is 11.8 Å². The number of anilines is 1. The first-order valence-electron chi connectivity index (χ1n) is 12.5. The van der Waals surface area contributed by atoms with Gasteiger partial charge in [0.05, 0.1) is 35.6 Å². The van der Waals surface area contributed by atoms with Crippen LogP contribution in [-0.2, 0) is 15.5 Å². The normalized spacial score (nSPS) is 20.1. The second-order valence-corrected chi connectivity index (χ2v) is 10.6. The van der Waals surface area contributed by atoms with Crippen LogP contribution in [0.2, 0.25) is 0 Å². The molecule has 1 aromatic carbocycles. The lowest BCUT2D eigenvalue weighted by Gasteiger charge is -2.40. The van der Waals surface area contributed by atoms with Crippen LogP contribution in [0.1, 0.15) is 45.7 Å². The number of fused-ring (bicyclic) bond motifs is 1. The molecule has 3 aliphatic rings. The molecule has 202 valence electrons. The molecule has 0 atom stereocenters. The number of nitrogens with one attached hydrogen (secondary N) is 2. The Bertz CT molecular complexity index is 1330. The summed E-state index contributed by atoms with van der Waals surface area (Å²) in [5.74, 6) is -5.21. The molecule has 2 amide bonds.